The van der Waals surface area contributed by atoms with Crippen molar-refractivity contribution >= 4 is 42.4 Å². The number of benzene rings is 4. The molecule has 1 fully saturated rings. The predicted octanol–water partition coefficient (Wildman–Crippen LogP) is 4.91. The maximum atomic E-state index is 14.9. The number of carbonyl (C=O) groups is 2. The molecule has 1 saturated heterocycles. The molecule has 54 heavy (non-hydrogen) atoms. The molecule has 3 N–H and O–H groups in total. The number of amides is 2. The lowest BCUT2D eigenvalue weighted by Crippen LogP contribution is -2.48. The van der Waals surface area contributed by atoms with Gasteiger partial charge in [0.1, 0.15) is 0 Å². The first-order chi connectivity index (χ1) is 25.8. The fraction of sp³-hybridized carbons (Fsp3) is 0.325. The molecular weight excluding hydrogens is 707 g/mol. The van der Waals surface area contributed by atoms with Crippen molar-refractivity contribution in [1.29, 1.82) is 0 Å². The average Bonchev–Trinajstić information content (AvgIpc) is 3.74. The highest BCUT2D eigenvalue weighted by Gasteiger charge is 2.66. The second kappa shape index (κ2) is 13.2. The van der Waals surface area contributed by atoms with Crippen LogP contribution in [0.15, 0.2) is 95.8 Å². The number of fused-ring (bicyclic) bond motifs is 4. The molecule has 14 heteroatoms. The number of aromatic nitrogens is 2. The van der Waals surface area contributed by atoms with Gasteiger partial charge in [-0.2, -0.15) is 0 Å². The van der Waals surface area contributed by atoms with Crippen molar-refractivity contribution in [3.63, 3.8) is 0 Å². The zero-order chi connectivity index (χ0) is 38.1. The van der Waals surface area contributed by atoms with Gasteiger partial charge in [0, 0.05) is 35.7 Å². The van der Waals surface area contributed by atoms with Crippen LogP contribution in [-0.2, 0) is 39.4 Å². The summed E-state index contributed by atoms with van der Waals surface area (Å²) in [5, 5.41) is 26.0. The average molecular weight is 748 g/mol. The normalized spacial score (nSPS) is 23.6. The van der Waals surface area contributed by atoms with E-state index in [0.29, 0.717) is 40.8 Å². The molecule has 13 nitrogen and oxygen atoms in total. The van der Waals surface area contributed by atoms with Crippen molar-refractivity contribution < 1.29 is 29.2 Å². The second-order valence-corrected chi connectivity index (χ2v) is 19.2. The summed E-state index contributed by atoms with van der Waals surface area (Å²) in [6, 6.07) is 26.1. The minimum atomic E-state index is -3.16. The first-order valence-corrected chi connectivity index (χ1v) is 21.1. The Morgan fingerprint density at radius 1 is 1.02 bits per heavy atom. The van der Waals surface area contributed by atoms with Crippen molar-refractivity contribution in [2.24, 2.45) is 5.92 Å². The van der Waals surface area contributed by atoms with Gasteiger partial charge in [-0.3, -0.25) is 29.6 Å². The number of aliphatic hydroxyl groups excluding tert-OH is 1. The zero-order valence-corrected chi connectivity index (χ0v) is 31.1. The quantitative estimate of drug-likeness (QED) is 0.114. The fourth-order valence-electron chi connectivity index (χ4n) is 9.04. The van der Waals surface area contributed by atoms with Crippen LogP contribution >= 0.6 is 0 Å². The van der Waals surface area contributed by atoms with Crippen molar-refractivity contribution in [1.82, 2.24) is 14.7 Å². The monoisotopic (exact) mass is 747 g/mol. The van der Waals surface area contributed by atoms with Gasteiger partial charge in [-0.1, -0.05) is 55.5 Å². The van der Waals surface area contributed by atoms with E-state index in [1.807, 2.05) is 55.5 Å². The van der Waals surface area contributed by atoms with Crippen molar-refractivity contribution in [2.75, 3.05) is 11.5 Å². The number of ether oxygens (including phenoxy) is 1. The van der Waals surface area contributed by atoms with Crippen LogP contribution in [0.1, 0.15) is 35.6 Å². The second-order valence-electron chi connectivity index (χ2n) is 15.2. The van der Waals surface area contributed by atoms with Crippen LogP contribution in [0.2, 0.25) is 18.6 Å². The van der Waals surface area contributed by atoms with Crippen molar-refractivity contribution in [3.8, 4) is 5.69 Å². The van der Waals surface area contributed by atoms with Gasteiger partial charge < -0.3 is 24.4 Å². The summed E-state index contributed by atoms with van der Waals surface area (Å²) in [5.41, 5.74) is 2.21. The number of carbonyl (C=O) groups excluding carboxylic acids is 2. The molecule has 5 aromatic rings. The van der Waals surface area contributed by atoms with Gasteiger partial charge in [0.05, 0.1) is 58.9 Å². The maximum absolute atomic E-state index is 14.9. The molecule has 5 atom stereocenters. The molecular formula is C40H41N5O8Si. The predicted molar refractivity (Wildman–Crippen MR) is 204 cm³/mol. The molecule has 8 rings (SSSR count). The lowest BCUT2D eigenvalue weighted by atomic mass is 9.82. The molecule has 0 saturated carbocycles. The molecule has 0 unspecified atom stereocenters. The van der Waals surface area contributed by atoms with Gasteiger partial charge in [0.2, 0.25) is 5.91 Å². The number of aromatic amines is 1. The van der Waals surface area contributed by atoms with Gasteiger partial charge in [0.25, 0.3) is 17.2 Å². The Morgan fingerprint density at radius 3 is 2.41 bits per heavy atom. The van der Waals surface area contributed by atoms with E-state index >= 15 is 0 Å². The van der Waals surface area contributed by atoms with E-state index in [4.69, 9.17) is 4.74 Å². The van der Waals surface area contributed by atoms with Crippen LogP contribution in [0.3, 0.4) is 0 Å². The lowest BCUT2D eigenvalue weighted by molar-refractivity contribution is -0.385. The number of aliphatic hydroxyl groups is 1. The topological polar surface area (TPSA) is 171 Å². The number of anilines is 1. The molecule has 1 spiro atoms. The minimum Gasteiger partial charge on any atom is -0.432 e. The van der Waals surface area contributed by atoms with E-state index < -0.39 is 48.4 Å². The third-order valence-corrected chi connectivity index (χ3v) is 14.1. The minimum absolute atomic E-state index is 0.100. The highest BCUT2D eigenvalue weighted by Crippen LogP contribution is 2.60. The molecule has 0 radical (unpaired) electrons. The molecule has 0 bridgehead atoms. The fourth-order valence-corrected chi connectivity index (χ4v) is 11.6. The summed E-state index contributed by atoms with van der Waals surface area (Å²) in [6.45, 7) is 5.53. The molecule has 2 amide bonds. The van der Waals surface area contributed by atoms with E-state index in [1.165, 1.54) is 16.8 Å². The third-order valence-electron chi connectivity index (χ3n) is 11.6. The van der Waals surface area contributed by atoms with Crippen LogP contribution in [0.25, 0.3) is 16.6 Å². The number of non-ortho nitro benzene ring substituents is 1. The van der Waals surface area contributed by atoms with Crippen molar-refractivity contribution in [3.05, 3.63) is 134 Å². The Bertz CT molecular complexity index is 2370. The van der Waals surface area contributed by atoms with Gasteiger partial charge in [-0.15, -0.1) is 0 Å². The Kier molecular flexibility index (Phi) is 8.68. The van der Waals surface area contributed by atoms with Crippen LogP contribution in [0.5, 0.6) is 0 Å². The van der Waals surface area contributed by atoms with E-state index in [1.54, 1.807) is 53.2 Å². The highest BCUT2D eigenvalue weighted by atomic mass is 28.4. The number of nitro groups is 1. The standard InChI is InChI=1S/C40H41N5O8Si/c1-24-37(54(2,3)52)35(20-36(47)42-22-27-9-5-4-8-26(27)18-30(42)23-46)53-40(24)32-19-29(45(50)51)16-17-34(32)43(39(40)49)21-25-12-14-28(15-13-25)44-38(48)31-10-6-7-11-33(31)41-44/h4-17,19,24,30,35,37,41,46,52H,18,20-23H2,1-3H3/t24-,30-,35+,37-,40+/m0/s1. The Balaban J connectivity index is 1.13. The molecule has 4 heterocycles. The number of nitro benzene ring substituents is 1. The van der Waals surface area contributed by atoms with Gasteiger partial charge in [-0.25, -0.2) is 4.68 Å². The molecule has 1 aromatic heterocycles. The first-order valence-electron chi connectivity index (χ1n) is 18.1. The maximum Gasteiger partial charge on any atom is 0.279 e. The number of nitrogens with zero attached hydrogens (tertiary/aromatic N) is 4. The molecule has 278 valence electrons. The van der Waals surface area contributed by atoms with Crippen LogP contribution in [0.4, 0.5) is 11.4 Å². The summed E-state index contributed by atoms with van der Waals surface area (Å²) < 4.78 is 8.29. The molecule has 3 aliphatic heterocycles. The number of hydrogen-bond acceptors (Lipinski definition) is 8. The number of para-hydroxylation sites is 1. The first kappa shape index (κ1) is 35.6. The van der Waals surface area contributed by atoms with E-state index in [0.717, 1.165) is 16.7 Å². The van der Waals surface area contributed by atoms with Crippen molar-refractivity contribution in [2.45, 2.75) is 69.2 Å². The van der Waals surface area contributed by atoms with E-state index in [2.05, 4.69) is 5.10 Å². The van der Waals surface area contributed by atoms with Gasteiger partial charge in [0.15, 0.2) is 13.9 Å². The number of nitrogens with one attached hydrogen (secondary N) is 1. The van der Waals surface area contributed by atoms with Crippen LogP contribution < -0.4 is 10.5 Å². The summed E-state index contributed by atoms with van der Waals surface area (Å²) in [4.78, 5) is 68.6. The van der Waals surface area contributed by atoms with E-state index in [9.17, 15) is 34.4 Å². The SMILES string of the molecule is C[C@H]1[C@H]([Si](C)(C)O)[C@@H](CC(=O)N2Cc3ccccc3C[C@H]2CO)O[C@]12C(=O)N(Cc1ccc(-n3[nH]c4ccccc4c3=O)cc1)c1ccc([N+](=O)[O-])cc12. The Hall–Kier alpha value is -5.41. The highest BCUT2D eigenvalue weighted by molar-refractivity contribution is 6.71. The lowest BCUT2D eigenvalue weighted by Gasteiger charge is -2.37. The van der Waals surface area contributed by atoms with Gasteiger partial charge in [-0.05, 0) is 66.5 Å². The molecule has 0 aliphatic carbocycles. The smallest absolute Gasteiger partial charge is 0.279 e. The summed E-state index contributed by atoms with van der Waals surface area (Å²) in [5.74, 6) is -1.34. The number of H-pyrrole nitrogens is 1. The third kappa shape index (κ3) is 5.68. The molecule has 4 aromatic carbocycles. The zero-order valence-electron chi connectivity index (χ0n) is 30.1. The van der Waals surface area contributed by atoms with Crippen LogP contribution in [-0.4, -0.2) is 68.4 Å². The molecule has 3 aliphatic rings. The van der Waals surface area contributed by atoms with E-state index in [-0.39, 0.29) is 36.7 Å². The summed E-state index contributed by atoms with van der Waals surface area (Å²) >= 11 is 0. The summed E-state index contributed by atoms with van der Waals surface area (Å²) in [6.07, 6.45) is -0.517. The van der Waals surface area contributed by atoms with Crippen LogP contribution in [0, 0.1) is 16.0 Å². The van der Waals surface area contributed by atoms with Gasteiger partial charge >= 0.3 is 0 Å². The Morgan fingerprint density at radius 2 is 1.72 bits per heavy atom. The summed E-state index contributed by atoms with van der Waals surface area (Å²) in [7, 11) is -3.16. The Labute approximate surface area is 311 Å². The largest absolute Gasteiger partial charge is 0.432 e. The number of hydrogen-bond donors (Lipinski definition) is 3. The number of rotatable bonds is 8.